The normalized spacial score (nSPS) is 10.4. The highest BCUT2D eigenvalue weighted by Gasteiger charge is 2.25. The average Bonchev–Trinajstić information content (AvgIpc) is 2.80. The Kier molecular flexibility index (Phi) is 5.76. The molecule has 0 saturated heterocycles. The second-order valence-electron chi connectivity index (χ2n) is 4.43. The number of carbonyl (C=O) groups excluding carboxylic acids is 2. The number of aromatic nitrogens is 1. The van der Waals surface area contributed by atoms with E-state index in [9.17, 15) is 9.59 Å². The minimum Gasteiger partial charge on any atom is -0.465 e. The quantitative estimate of drug-likeness (QED) is 0.766. The van der Waals surface area contributed by atoms with Gasteiger partial charge in [0.2, 0.25) is 0 Å². The van der Waals surface area contributed by atoms with Crippen molar-refractivity contribution in [1.82, 2.24) is 9.88 Å². The Hall–Kier alpha value is -1.82. The van der Waals surface area contributed by atoms with Gasteiger partial charge in [-0.05, 0) is 25.8 Å². The Morgan fingerprint density at radius 1 is 1.35 bits per heavy atom. The number of amides is 1. The topological polar surface area (TPSA) is 82.6 Å². The minimum atomic E-state index is -0.445. The fraction of sp³-hybridized carbons (Fsp3) is 0.571. The van der Waals surface area contributed by atoms with Crippen molar-refractivity contribution in [2.45, 2.75) is 27.2 Å². The van der Waals surface area contributed by atoms with E-state index in [0.29, 0.717) is 35.5 Å². The zero-order valence-electron chi connectivity index (χ0n) is 12.4. The number of hydrogen-bond donors (Lipinski definition) is 2. The first-order chi connectivity index (χ1) is 9.51. The highest BCUT2D eigenvalue weighted by atomic mass is 16.5. The Morgan fingerprint density at radius 3 is 2.45 bits per heavy atom. The number of methoxy groups -OCH3 is 1. The highest BCUT2D eigenvalue weighted by Crippen LogP contribution is 2.21. The molecule has 6 heteroatoms. The van der Waals surface area contributed by atoms with Crippen LogP contribution in [0.2, 0.25) is 0 Å². The number of H-pyrrole nitrogens is 1. The maximum atomic E-state index is 12.4. The van der Waals surface area contributed by atoms with E-state index in [4.69, 9.17) is 9.84 Å². The first-order valence-corrected chi connectivity index (χ1v) is 6.71. The van der Waals surface area contributed by atoms with E-state index in [2.05, 4.69) is 4.98 Å². The molecule has 0 spiro atoms. The lowest BCUT2D eigenvalue weighted by Gasteiger charge is -2.19. The maximum Gasteiger partial charge on any atom is 0.339 e. The fourth-order valence-electron chi connectivity index (χ4n) is 2.20. The van der Waals surface area contributed by atoms with Crippen LogP contribution >= 0.6 is 0 Å². The van der Waals surface area contributed by atoms with Crippen molar-refractivity contribution in [2.24, 2.45) is 0 Å². The van der Waals surface area contributed by atoms with Gasteiger partial charge in [-0.25, -0.2) is 4.79 Å². The summed E-state index contributed by atoms with van der Waals surface area (Å²) >= 11 is 0. The Bertz CT molecular complexity index is 494. The number of hydrogen-bond acceptors (Lipinski definition) is 4. The van der Waals surface area contributed by atoms with Crippen LogP contribution in [0.1, 0.15) is 46.0 Å². The van der Waals surface area contributed by atoms with Crippen LogP contribution in [0, 0.1) is 6.92 Å². The van der Waals surface area contributed by atoms with Crippen LogP contribution in [0.3, 0.4) is 0 Å². The van der Waals surface area contributed by atoms with E-state index in [1.807, 2.05) is 13.8 Å². The van der Waals surface area contributed by atoms with Crippen molar-refractivity contribution in [2.75, 3.05) is 26.8 Å². The monoisotopic (exact) mass is 282 g/mol. The largest absolute Gasteiger partial charge is 0.465 e. The third-order valence-electron chi connectivity index (χ3n) is 3.32. The standard InChI is InChI=1S/C14H22N2O4/c1-5-10-11(14(19)20-4)9(3)12(15-10)13(18)16(6-2)7-8-17/h15,17H,5-8H2,1-4H3. The highest BCUT2D eigenvalue weighted by molar-refractivity contribution is 6.00. The summed E-state index contributed by atoms with van der Waals surface area (Å²) in [5.41, 5.74) is 2.10. The smallest absolute Gasteiger partial charge is 0.339 e. The number of esters is 1. The molecular formula is C14H22N2O4. The van der Waals surface area contributed by atoms with Crippen molar-refractivity contribution < 1.29 is 19.4 Å². The molecule has 0 aromatic carbocycles. The van der Waals surface area contributed by atoms with E-state index in [1.165, 1.54) is 12.0 Å². The second kappa shape index (κ2) is 7.09. The first-order valence-electron chi connectivity index (χ1n) is 6.71. The zero-order chi connectivity index (χ0) is 15.3. The summed E-state index contributed by atoms with van der Waals surface area (Å²) in [6.45, 7) is 6.13. The van der Waals surface area contributed by atoms with Crippen LogP contribution in [0.15, 0.2) is 0 Å². The molecule has 1 rings (SSSR count). The van der Waals surface area contributed by atoms with Crippen LogP contribution in [-0.4, -0.2) is 53.7 Å². The molecule has 1 amide bonds. The summed E-state index contributed by atoms with van der Waals surface area (Å²) in [5.74, 6) is -0.663. The Morgan fingerprint density at radius 2 is 2.00 bits per heavy atom. The molecule has 2 N–H and O–H groups in total. The molecule has 0 unspecified atom stereocenters. The van der Waals surface area contributed by atoms with Crippen LogP contribution in [-0.2, 0) is 11.2 Å². The SMILES string of the molecule is CCc1[nH]c(C(=O)N(CC)CCO)c(C)c1C(=O)OC. The first kappa shape index (κ1) is 16.2. The molecule has 0 aliphatic rings. The molecule has 6 nitrogen and oxygen atoms in total. The van der Waals surface area contributed by atoms with Crippen LogP contribution in [0.4, 0.5) is 0 Å². The summed E-state index contributed by atoms with van der Waals surface area (Å²) in [4.78, 5) is 28.8. The number of aryl methyl sites for hydroxylation is 1. The predicted molar refractivity (Wildman–Crippen MR) is 74.9 cm³/mol. The molecule has 0 aliphatic carbocycles. The number of aromatic amines is 1. The molecule has 1 aromatic rings. The molecular weight excluding hydrogens is 260 g/mol. The molecule has 0 saturated carbocycles. The van der Waals surface area contributed by atoms with Crippen LogP contribution < -0.4 is 0 Å². The van der Waals surface area contributed by atoms with Gasteiger partial charge < -0.3 is 19.7 Å². The summed E-state index contributed by atoms with van der Waals surface area (Å²) in [6.07, 6.45) is 0.602. The number of nitrogens with one attached hydrogen (secondary N) is 1. The van der Waals surface area contributed by atoms with Crippen LogP contribution in [0.5, 0.6) is 0 Å². The number of nitrogens with zero attached hydrogens (tertiary/aromatic N) is 1. The van der Waals surface area contributed by atoms with Gasteiger partial charge in [-0.3, -0.25) is 4.79 Å². The third-order valence-corrected chi connectivity index (χ3v) is 3.32. The van der Waals surface area contributed by atoms with Gasteiger partial charge in [-0.1, -0.05) is 6.92 Å². The number of aliphatic hydroxyl groups excluding tert-OH is 1. The lowest BCUT2D eigenvalue weighted by atomic mass is 10.1. The van der Waals surface area contributed by atoms with E-state index in [0.717, 1.165) is 0 Å². The summed E-state index contributed by atoms with van der Waals surface area (Å²) < 4.78 is 4.76. The van der Waals surface area contributed by atoms with Gasteiger partial charge in [-0.2, -0.15) is 0 Å². The zero-order valence-corrected chi connectivity index (χ0v) is 12.4. The van der Waals surface area contributed by atoms with Gasteiger partial charge in [-0.15, -0.1) is 0 Å². The number of aliphatic hydroxyl groups is 1. The molecule has 0 fully saturated rings. The molecule has 0 atom stereocenters. The third kappa shape index (κ3) is 3.01. The van der Waals surface area contributed by atoms with Gasteiger partial charge in [0.15, 0.2) is 0 Å². The Labute approximate surface area is 118 Å². The lowest BCUT2D eigenvalue weighted by Crippen LogP contribution is -2.34. The van der Waals surface area contributed by atoms with Crippen molar-refractivity contribution in [3.8, 4) is 0 Å². The van der Waals surface area contributed by atoms with Crippen molar-refractivity contribution in [1.29, 1.82) is 0 Å². The van der Waals surface area contributed by atoms with Gasteiger partial charge in [0.25, 0.3) is 5.91 Å². The fourth-order valence-corrected chi connectivity index (χ4v) is 2.20. The summed E-state index contributed by atoms with van der Waals surface area (Å²) in [7, 11) is 1.32. The number of carbonyl (C=O) groups is 2. The number of rotatable bonds is 6. The average molecular weight is 282 g/mol. The van der Waals surface area contributed by atoms with E-state index < -0.39 is 5.97 Å². The molecule has 1 heterocycles. The summed E-state index contributed by atoms with van der Waals surface area (Å²) in [6, 6.07) is 0. The van der Waals surface area contributed by atoms with Crippen molar-refractivity contribution in [3.05, 3.63) is 22.5 Å². The lowest BCUT2D eigenvalue weighted by molar-refractivity contribution is 0.0599. The number of likely N-dealkylation sites (N-methyl/N-ethyl adjacent to an activating group) is 1. The molecule has 0 bridgehead atoms. The van der Waals surface area contributed by atoms with E-state index in [-0.39, 0.29) is 19.1 Å². The van der Waals surface area contributed by atoms with Crippen molar-refractivity contribution in [3.63, 3.8) is 0 Å². The number of ether oxygens (including phenoxy) is 1. The molecule has 20 heavy (non-hydrogen) atoms. The van der Waals surface area contributed by atoms with Gasteiger partial charge in [0.1, 0.15) is 5.69 Å². The predicted octanol–water partition coefficient (Wildman–Crippen LogP) is 1.13. The van der Waals surface area contributed by atoms with Gasteiger partial charge in [0.05, 0.1) is 19.3 Å². The molecule has 0 radical (unpaired) electrons. The summed E-state index contributed by atoms with van der Waals surface area (Å²) in [5, 5.41) is 8.99. The Balaban J connectivity index is 3.22. The second-order valence-corrected chi connectivity index (χ2v) is 4.43. The van der Waals surface area contributed by atoms with Crippen molar-refractivity contribution >= 4 is 11.9 Å². The minimum absolute atomic E-state index is 0.0934. The van der Waals surface area contributed by atoms with E-state index in [1.54, 1.807) is 6.92 Å². The van der Waals surface area contributed by atoms with Gasteiger partial charge in [0, 0.05) is 18.8 Å². The molecule has 1 aromatic heterocycles. The maximum absolute atomic E-state index is 12.4. The molecule has 0 aliphatic heterocycles. The van der Waals surface area contributed by atoms with E-state index >= 15 is 0 Å². The molecule has 112 valence electrons. The van der Waals surface area contributed by atoms with Crippen LogP contribution in [0.25, 0.3) is 0 Å². The van der Waals surface area contributed by atoms with Gasteiger partial charge >= 0.3 is 5.97 Å².